The maximum absolute atomic E-state index is 5.55. The molecule has 3 heteroatoms. The van der Waals surface area contributed by atoms with Crippen LogP contribution in [0, 0.1) is 5.92 Å². The summed E-state index contributed by atoms with van der Waals surface area (Å²) in [6.07, 6.45) is 1.00. The molecule has 0 radical (unpaired) electrons. The lowest BCUT2D eigenvalue weighted by Gasteiger charge is -2.04. The second kappa shape index (κ2) is 1.18. The standard InChI is InChI=1S/C4H11N3/c1-3-2-4(3,5)7-6/h3,7H,2,5-6H2,1H3. The number of nitrogens with one attached hydrogen (secondary N) is 1. The Morgan fingerprint density at radius 2 is 2.29 bits per heavy atom. The van der Waals surface area contributed by atoms with Crippen LogP contribution in [0.5, 0.6) is 0 Å². The van der Waals surface area contributed by atoms with Gasteiger partial charge in [-0.15, -0.1) is 0 Å². The lowest BCUT2D eigenvalue weighted by molar-refractivity contribution is 0.498. The van der Waals surface area contributed by atoms with E-state index in [1.165, 1.54) is 0 Å². The molecule has 0 amide bonds. The van der Waals surface area contributed by atoms with E-state index in [9.17, 15) is 0 Å². The van der Waals surface area contributed by atoms with E-state index in [2.05, 4.69) is 12.3 Å². The highest BCUT2D eigenvalue weighted by atomic mass is 15.4. The molecule has 42 valence electrons. The quantitative estimate of drug-likeness (QED) is 0.229. The molecule has 2 atom stereocenters. The van der Waals surface area contributed by atoms with Gasteiger partial charge in [-0.2, -0.15) is 0 Å². The summed E-state index contributed by atoms with van der Waals surface area (Å²) in [5, 5.41) is 0. The zero-order chi connectivity index (χ0) is 5.49. The van der Waals surface area contributed by atoms with Crippen LogP contribution < -0.4 is 17.0 Å². The van der Waals surface area contributed by atoms with Crippen molar-refractivity contribution in [2.45, 2.75) is 19.0 Å². The fourth-order valence-electron chi connectivity index (χ4n) is 0.649. The average Bonchev–Trinajstić information content (AvgIpc) is 2.18. The summed E-state index contributed by atoms with van der Waals surface area (Å²) in [5.74, 6) is 5.64. The highest BCUT2D eigenvalue weighted by molar-refractivity contribution is 5.01. The van der Waals surface area contributed by atoms with Crippen molar-refractivity contribution in [1.82, 2.24) is 5.43 Å². The first kappa shape index (κ1) is 5.03. The molecular weight excluding hydrogens is 90.1 g/mol. The molecule has 0 saturated heterocycles. The number of hydrogen-bond donors (Lipinski definition) is 3. The first-order valence-electron chi connectivity index (χ1n) is 2.46. The van der Waals surface area contributed by atoms with Gasteiger partial charge in [-0.05, 0) is 12.3 Å². The zero-order valence-electron chi connectivity index (χ0n) is 4.44. The van der Waals surface area contributed by atoms with Crippen LogP contribution in [-0.4, -0.2) is 5.66 Å². The van der Waals surface area contributed by atoms with Gasteiger partial charge in [0.1, 0.15) is 0 Å². The van der Waals surface area contributed by atoms with Crippen LogP contribution in [0.25, 0.3) is 0 Å². The Labute approximate surface area is 43.0 Å². The average molecular weight is 101 g/mol. The Morgan fingerprint density at radius 1 is 1.86 bits per heavy atom. The summed E-state index contributed by atoms with van der Waals surface area (Å²) in [4.78, 5) is 0. The van der Waals surface area contributed by atoms with E-state index in [4.69, 9.17) is 11.6 Å². The number of nitrogens with two attached hydrogens (primary N) is 2. The minimum atomic E-state index is -0.222. The van der Waals surface area contributed by atoms with Gasteiger partial charge in [-0.3, -0.25) is 5.84 Å². The van der Waals surface area contributed by atoms with Gasteiger partial charge >= 0.3 is 0 Å². The van der Waals surface area contributed by atoms with Gasteiger partial charge in [0, 0.05) is 0 Å². The first-order valence-corrected chi connectivity index (χ1v) is 2.46. The predicted molar refractivity (Wildman–Crippen MR) is 28.0 cm³/mol. The Bertz CT molecular complexity index is 79.0. The van der Waals surface area contributed by atoms with Crippen molar-refractivity contribution >= 4 is 0 Å². The molecule has 0 aromatic rings. The smallest absolute Gasteiger partial charge is 0.0820 e. The Morgan fingerprint density at radius 3 is 2.29 bits per heavy atom. The lowest BCUT2D eigenvalue weighted by Crippen LogP contribution is -2.46. The van der Waals surface area contributed by atoms with Crippen molar-refractivity contribution in [3.8, 4) is 0 Å². The highest BCUT2D eigenvalue weighted by Crippen LogP contribution is 2.36. The molecule has 1 aliphatic rings. The Kier molecular flexibility index (Phi) is 0.849. The fourth-order valence-corrected chi connectivity index (χ4v) is 0.649. The monoisotopic (exact) mass is 101 g/mol. The Hall–Kier alpha value is -0.120. The number of rotatable bonds is 1. The second-order valence-corrected chi connectivity index (χ2v) is 2.29. The third-order valence-corrected chi connectivity index (χ3v) is 1.63. The fraction of sp³-hybridized carbons (Fsp3) is 1.00. The van der Waals surface area contributed by atoms with Crippen molar-refractivity contribution in [1.29, 1.82) is 0 Å². The summed E-state index contributed by atoms with van der Waals surface area (Å²) in [6, 6.07) is 0. The van der Waals surface area contributed by atoms with Gasteiger partial charge in [0.25, 0.3) is 0 Å². The third-order valence-electron chi connectivity index (χ3n) is 1.63. The van der Waals surface area contributed by atoms with Gasteiger partial charge in [0.2, 0.25) is 0 Å². The summed E-state index contributed by atoms with van der Waals surface area (Å²) in [6.45, 7) is 2.07. The van der Waals surface area contributed by atoms with Crippen molar-refractivity contribution in [2.75, 3.05) is 0 Å². The third kappa shape index (κ3) is 0.627. The van der Waals surface area contributed by atoms with Gasteiger partial charge < -0.3 is 5.73 Å². The van der Waals surface area contributed by atoms with Crippen LogP contribution in [0.3, 0.4) is 0 Å². The van der Waals surface area contributed by atoms with E-state index in [1.54, 1.807) is 0 Å². The van der Waals surface area contributed by atoms with E-state index in [1.807, 2.05) is 0 Å². The van der Waals surface area contributed by atoms with Gasteiger partial charge in [-0.25, -0.2) is 5.43 Å². The molecule has 0 aromatic carbocycles. The van der Waals surface area contributed by atoms with Gasteiger partial charge in [0.05, 0.1) is 5.66 Å². The van der Waals surface area contributed by atoms with Crippen LogP contribution in [0.15, 0.2) is 0 Å². The maximum Gasteiger partial charge on any atom is 0.0820 e. The minimum absolute atomic E-state index is 0.222. The molecule has 1 aliphatic carbocycles. The van der Waals surface area contributed by atoms with Crippen LogP contribution >= 0.6 is 0 Å². The van der Waals surface area contributed by atoms with Crippen LogP contribution in [0.2, 0.25) is 0 Å². The molecule has 7 heavy (non-hydrogen) atoms. The van der Waals surface area contributed by atoms with E-state index in [0.29, 0.717) is 5.92 Å². The summed E-state index contributed by atoms with van der Waals surface area (Å²) >= 11 is 0. The van der Waals surface area contributed by atoms with E-state index >= 15 is 0 Å². The minimum Gasteiger partial charge on any atom is -0.312 e. The molecule has 3 nitrogen and oxygen atoms in total. The lowest BCUT2D eigenvalue weighted by atomic mass is 10.4. The number of hydrazine groups is 1. The summed E-state index contributed by atoms with van der Waals surface area (Å²) < 4.78 is 0. The molecule has 0 aliphatic heterocycles. The van der Waals surface area contributed by atoms with Crippen LogP contribution in [0.4, 0.5) is 0 Å². The molecule has 2 unspecified atom stereocenters. The molecule has 1 rings (SSSR count). The Balaban J connectivity index is 2.36. The molecule has 0 aromatic heterocycles. The predicted octanol–water partition coefficient (Wildman–Crippen LogP) is -0.855. The van der Waals surface area contributed by atoms with Crippen molar-refractivity contribution in [3.05, 3.63) is 0 Å². The molecule has 1 fully saturated rings. The SMILES string of the molecule is CC1CC1(N)NN. The van der Waals surface area contributed by atoms with Crippen LogP contribution in [0.1, 0.15) is 13.3 Å². The molecule has 5 N–H and O–H groups in total. The van der Waals surface area contributed by atoms with Gasteiger partial charge in [-0.1, -0.05) is 6.92 Å². The highest BCUT2D eigenvalue weighted by Gasteiger charge is 2.46. The maximum atomic E-state index is 5.55. The topological polar surface area (TPSA) is 64.1 Å². The largest absolute Gasteiger partial charge is 0.312 e. The number of hydrogen-bond acceptors (Lipinski definition) is 3. The molecular formula is C4H11N3. The summed E-state index contributed by atoms with van der Waals surface area (Å²) in [5.41, 5.74) is 7.87. The van der Waals surface area contributed by atoms with Crippen molar-refractivity contribution in [2.24, 2.45) is 17.5 Å². The van der Waals surface area contributed by atoms with Crippen LogP contribution in [-0.2, 0) is 0 Å². The van der Waals surface area contributed by atoms with E-state index in [-0.39, 0.29) is 5.66 Å². The first-order chi connectivity index (χ1) is 3.19. The molecule has 1 saturated carbocycles. The molecule has 0 spiro atoms. The van der Waals surface area contributed by atoms with E-state index < -0.39 is 0 Å². The zero-order valence-corrected chi connectivity index (χ0v) is 4.44. The van der Waals surface area contributed by atoms with E-state index in [0.717, 1.165) is 6.42 Å². The normalized spacial score (nSPS) is 49.3. The second-order valence-electron chi connectivity index (χ2n) is 2.29. The molecule has 0 heterocycles. The van der Waals surface area contributed by atoms with Crippen molar-refractivity contribution in [3.63, 3.8) is 0 Å². The molecule has 0 bridgehead atoms. The summed E-state index contributed by atoms with van der Waals surface area (Å²) in [7, 11) is 0. The van der Waals surface area contributed by atoms with Gasteiger partial charge in [0.15, 0.2) is 0 Å². The van der Waals surface area contributed by atoms with Crippen molar-refractivity contribution < 1.29 is 0 Å².